The quantitative estimate of drug-likeness (QED) is 0.894. The van der Waals surface area contributed by atoms with Gasteiger partial charge in [-0.15, -0.1) is 11.8 Å². The summed E-state index contributed by atoms with van der Waals surface area (Å²) in [6, 6.07) is 12.6. The summed E-state index contributed by atoms with van der Waals surface area (Å²) in [5.74, 6) is 0.254. The number of anilines is 1. The van der Waals surface area contributed by atoms with Crippen molar-refractivity contribution >= 4 is 23.4 Å². The maximum absolute atomic E-state index is 13.2. The molecule has 0 bridgehead atoms. The minimum atomic E-state index is -0.265. The van der Waals surface area contributed by atoms with Gasteiger partial charge in [-0.25, -0.2) is 4.39 Å². The van der Waals surface area contributed by atoms with Gasteiger partial charge in [0.15, 0.2) is 0 Å². The molecule has 4 rings (SSSR count). The summed E-state index contributed by atoms with van der Waals surface area (Å²) in [4.78, 5) is 14.4. The summed E-state index contributed by atoms with van der Waals surface area (Å²) < 4.78 is 13.2. The molecule has 5 heteroatoms. The van der Waals surface area contributed by atoms with Crippen LogP contribution in [0.3, 0.4) is 0 Å². The molecule has 2 aromatic rings. The molecule has 1 aliphatic heterocycles. The summed E-state index contributed by atoms with van der Waals surface area (Å²) in [5.41, 5.74) is 10.3. The van der Waals surface area contributed by atoms with Crippen LogP contribution in [0.4, 0.5) is 10.1 Å². The second kappa shape index (κ2) is 6.15. The SMILES string of the molecule is Cc1cc(C2(N)CCC2)ccc1N1C(=O)CSC1c1ccc(F)cc1. The highest BCUT2D eigenvalue weighted by molar-refractivity contribution is 8.00. The van der Waals surface area contributed by atoms with Gasteiger partial charge in [0.25, 0.3) is 0 Å². The van der Waals surface area contributed by atoms with Crippen LogP contribution in [0.15, 0.2) is 42.5 Å². The van der Waals surface area contributed by atoms with Gasteiger partial charge in [0.2, 0.25) is 5.91 Å². The highest BCUT2D eigenvalue weighted by Crippen LogP contribution is 2.44. The van der Waals surface area contributed by atoms with Crippen LogP contribution < -0.4 is 10.6 Å². The molecule has 25 heavy (non-hydrogen) atoms. The minimum Gasteiger partial charge on any atom is -0.321 e. The second-order valence-corrected chi connectivity index (χ2v) is 8.06. The van der Waals surface area contributed by atoms with Gasteiger partial charge in [0.05, 0.1) is 5.75 Å². The lowest BCUT2D eigenvalue weighted by atomic mass is 9.72. The normalized spacial score (nSPS) is 22.1. The van der Waals surface area contributed by atoms with Crippen LogP contribution in [0, 0.1) is 12.7 Å². The Balaban J connectivity index is 1.69. The molecule has 1 unspecified atom stereocenters. The van der Waals surface area contributed by atoms with Crippen molar-refractivity contribution in [1.29, 1.82) is 0 Å². The number of nitrogens with zero attached hydrogens (tertiary/aromatic N) is 1. The van der Waals surface area contributed by atoms with Gasteiger partial charge < -0.3 is 5.73 Å². The molecule has 1 saturated carbocycles. The Morgan fingerprint density at radius 1 is 1.20 bits per heavy atom. The van der Waals surface area contributed by atoms with E-state index in [0.29, 0.717) is 5.75 Å². The topological polar surface area (TPSA) is 46.3 Å². The average molecular weight is 356 g/mol. The fourth-order valence-electron chi connectivity index (χ4n) is 3.64. The molecule has 1 aliphatic carbocycles. The zero-order valence-electron chi connectivity index (χ0n) is 14.2. The number of carbonyl (C=O) groups is 1. The maximum atomic E-state index is 13.2. The molecular formula is C20H21FN2OS. The minimum absolute atomic E-state index is 0.0845. The van der Waals surface area contributed by atoms with Crippen LogP contribution in [-0.4, -0.2) is 11.7 Å². The molecule has 130 valence electrons. The largest absolute Gasteiger partial charge is 0.321 e. The van der Waals surface area contributed by atoms with Crippen molar-refractivity contribution in [2.24, 2.45) is 5.73 Å². The van der Waals surface area contributed by atoms with E-state index >= 15 is 0 Å². The Hall–Kier alpha value is -1.85. The summed E-state index contributed by atoms with van der Waals surface area (Å²) in [7, 11) is 0. The summed E-state index contributed by atoms with van der Waals surface area (Å²) >= 11 is 1.58. The number of amides is 1. The first-order valence-electron chi connectivity index (χ1n) is 8.57. The number of benzene rings is 2. The highest BCUT2D eigenvalue weighted by atomic mass is 32.2. The first kappa shape index (κ1) is 16.6. The molecule has 2 aliphatic rings. The first-order valence-corrected chi connectivity index (χ1v) is 9.62. The lowest BCUT2D eigenvalue weighted by Gasteiger charge is -2.39. The third-order valence-electron chi connectivity index (χ3n) is 5.30. The van der Waals surface area contributed by atoms with E-state index in [2.05, 4.69) is 12.1 Å². The molecule has 2 N–H and O–H groups in total. The number of rotatable bonds is 3. The fraction of sp³-hybridized carbons (Fsp3) is 0.350. The van der Waals surface area contributed by atoms with Crippen LogP contribution in [0.2, 0.25) is 0 Å². The second-order valence-electron chi connectivity index (χ2n) is 6.99. The Morgan fingerprint density at radius 3 is 2.52 bits per heavy atom. The van der Waals surface area contributed by atoms with Gasteiger partial charge >= 0.3 is 0 Å². The molecule has 1 amide bonds. The van der Waals surface area contributed by atoms with Crippen molar-refractivity contribution in [2.75, 3.05) is 10.7 Å². The number of hydrogen-bond acceptors (Lipinski definition) is 3. The van der Waals surface area contributed by atoms with Crippen molar-refractivity contribution < 1.29 is 9.18 Å². The Bertz CT molecular complexity index is 817. The molecule has 0 aromatic heterocycles. The number of aryl methyl sites for hydroxylation is 1. The van der Waals surface area contributed by atoms with Crippen LogP contribution in [0.5, 0.6) is 0 Å². The van der Waals surface area contributed by atoms with Crippen LogP contribution in [0.25, 0.3) is 0 Å². The Labute approximate surface area is 151 Å². The van der Waals surface area contributed by atoms with E-state index in [4.69, 9.17) is 5.73 Å². The Morgan fingerprint density at radius 2 is 1.92 bits per heavy atom. The highest BCUT2D eigenvalue weighted by Gasteiger charge is 2.37. The number of thioether (sulfide) groups is 1. The van der Waals surface area contributed by atoms with Crippen molar-refractivity contribution in [3.8, 4) is 0 Å². The number of nitrogens with two attached hydrogens (primary N) is 1. The predicted molar refractivity (Wildman–Crippen MR) is 100.0 cm³/mol. The van der Waals surface area contributed by atoms with E-state index < -0.39 is 0 Å². The van der Waals surface area contributed by atoms with Gasteiger partial charge in [-0.2, -0.15) is 0 Å². The van der Waals surface area contributed by atoms with Crippen molar-refractivity contribution in [1.82, 2.24) is 0 Å². The van der Waals surface area contributed by atoms with Crippen LogP contribution in [-0.2, 0) is 10.3 Å². The third kappa shape index (κ3) is 2.85. The standard InChI is InChI=1S/C20H21FN2OS/c1-13-11-15(20(22)9-2-10-20)5-8-17(13)23-18(24)12-25-19(23)14-3-6-16(21)7-4-14/h3-8,11,19H,2,9-10,12,22H2,1H3. The van der Waals surface area contributed by atoms with Crippen molar-refractivity contribution in [3.63, 3.8) is 0 Å². The summed E-state index contributed by atoms with van der Waals surface area (Å²) in [6.45, 7) is 2.03. The lowest BCUT2D eigenvalue weighted by molar-refractivity contribution is -0.115. The van der Waals surface area contributed by atoms with Crippen LogP contribution in [0.1, 0.15) is 41.3 Å². The lowest BCUT2D eigenvalue weighted by Crippen LogP contribution is -2.43. The van der Waals surface area contributed by atoms with Crippen LogP contribution >= 0.6 is 11.8 Å². The summed E-state index contributed by atoms with van der Waals surface area (Å²) in [6.07, 6.45) is 3.20. The van der Waals surface area contributed by atoms with E-state index in [1.807, 2.05) is 17.9 Å². The van der Waals surface area contributed by atoms with Gasteiger partial charge in [-0.05, 0) is 61.1 Å². The number of halogens is 1. The van der Waals surface area contributed by atoms with E-state index in [1.54, 1.807) is 23.9 Å². The van der Waals surface area contributed by atoms with Crippen molar-refractivity contribution in [3.05, 3.63) is 65.0 Å². The van der Waals surface area contributed by atoms with E-state index in [9.17, 15) is 9.18 Å². The molecule has 1 atom stereocenters. The molecule has 0 radical (unpaired) electrons. The molecule has 2 aromatic carbocycles. The predicted octanol–water partition coefficient (Wildman–Crippen LogP) is 4.25. The van der Waals surface area contributed by atoms with E-state index in [-0.39, 0.29) is 22.6 Å². The summed E-state index contributed by atoms with van der Waals surface area (Å²) in [5, 5.41) is -0.117. The monoisotopic (exact) mass is 356 g/mol. The van der Waals surface area contributed by atoms with Gasteiger partial charge in [0.1, 0.15) is 11.2 Å². The zero-order chi connectivity index (χ0) is 17.6. The molecule has 2 fully saturated rings. The smallest absolute Gasteiger partial charge is 0.238 e. The maximum Gasteiger partial charge on any atom is 0.238 e. The van der Waals surface area contributed by atoms with Gasteiger partial charge in [-0.3, -0.25) is 9.69 Å². The fourth-order valence-corrected chi connectivity index (χ4v) is 4.81. The molecule has 0 spiro atoms. The number of carbonyl (C=O) groups excluding carboxylic acids is 1. The molecule has 1 saturated heterocycles. The zero-order valence-corrected chi connectivity index (χ0v) is 15.0. The average Bonchev–Trinajstić information content (AvgIpc) is 2.95. The van der Waals surface area contributed by atoms with E-state index in [0.717, 1.165) is 35.2 Å². The molecule has 1 heterocycles. The number of hydrogen-bond donors (Lipinski definition) is 1. The molecular weight excluding hydrogens is 335 g/mol. The Kier molecular flexibility index (Phi) is 4.08. The third-order valence-corrected chi connectivity index (χ3v) is 6.51. The van der Waals surface area contributed by atoms with E-state index in [1.165, 1.54) is 18.6 Å². The molecule has 3 nitrogen and oxygen atoms in total. The van der Waals surface area contributed by atoms with Crippen molar-refractivity contribution in [2.45, 2.75) is 37.1 Å². The van der Waals surface area contributed by atoms with Gasteiger partial charge in [0, 0.05) is 11.2 Å². The first-order chi connectivity index (χ1) is 12.0. The van der Waals surface area contributed by atoms with Gasteiger partial charge in [-0.1, -0.05) is 24.3 Å².